The zero-order chi connectivity index (χ0) is 14.7. The van der Waals surface area contributed by atoms with Gasteiger partial charge in [-0.3, -0.25) is 4.90 Å². The number of nitrogens with zero attached hydrogens (tertiary/aromatic N) is 1. The van der Waals surface area contributed by atoms with Crippen molar-refractivity contribution in [2.75, 3.05) is 6.54 Å². The Hall–Kier alpha value is -0.570. The highest BCUT2D eigenvalue weighted by molar-refractivity contribution is 6.21. The number of likely N-dealkylation sites (tertiary alicyclic amines) is 1. The predicted molar refractivity (Wildman–Crippen MR) is 85.1 cm³/mol. The average molecular weight is 296 g/mol. The van der Waals surface area contributed by atoms with Gasteiger partial charge < -0.3 is 4.74 Å². The molecule has 3 atom stereocenters. The number of hydrogen-bond donors (Lipinski definition) is 0. The molecule has 1 aliphatic rings. The standard InChI is InChI=1S/C17H26ClNO/c1-12(2)16(18)17-15(10-19(17)13(3)4)20-11-14-8-6-5-7-9-14/h5-9,12-13,15-17H,10-11H2,1-4H3/t15-,16+,17+/m1/s1. The molecule has 1 saturated heterocycles. The Morgan fingerprint density at radius 1 is 1.20 bits per heavy atom. The molecule has 2 rings (SSSR count). The van der Waals surface area contributed by atoms with Crippen LogP contribution in [0.4, 0.5) is 0 Å². The van der Waals surface area contributed by atoms with Gasteiger partial charge in [-0.05, 0) is 25.3 Å². The van der Waals surface area contributed by atoms with Gasteiger partial charge in [0, 0.05) is 12.6 Å². The third-order valence-corrected chi connectivity index (χ3v) is 4.85. The van der Waals surface area contributed by atoms with Crippen molar-refractivity contribution in [2.24, 2.45) is 5.92 Å². The SMILES string of the molecule is CC(C)[C@H](Cl)[C@@H]1[C@H](OCc2ccccc2)CN1C(C)C. The summed E-state index contributed by atoms with van der Waals surface area (Å²) >= 11 is 6.61. The summed E-state index contributed by atoms with van der Waals surface area (Å²) in [6, 6.07) is 11.2. The van der Waals surface area contributed by atoms with E-state index in [1.54, 1.807) is 0 Å². The smallest absolute Gasteiger partial charge is 0.0876 e. The molecule has 0 aromatic heterocycles. The lowest BCUT2D eigenvalue weighted by Crippen LogP contribution is -2.67. The maximum absolute atomic E-state index is 6.61. The van der Waals surface area contributed by atoms with Crippen LogP contribution in [0.3, 0.4) is 0 Å². The molecule has 0 saturated carbocycles. The molecule has 0 unspecified atom stereocenters. The first-order valence-electron chi connectivity index (χ1n) is 7.56. The van der Waals surface area contributed by atoms with Gasteiger partial charge in [0.1, 0.15) is 0 Å². The maximum atomic E-state index is 6.61. The number of halogens is 1. The number of hydrogen-bond acceptors (Lipinski definition) is 2. The van der Waals surface area contributed by atoms with Crippen molar-refractivity contribution < 1.29 is 4.74 Å². The van der Waals surface area contributed by atoms with Crippen LogP contribution in [0.2, 0.25) is 0 Å². The van der Waals surface area contributed by atoms with E-state index in [9.17, 15) is 0 Å². The molecule has 0 aliphatic carbocycles. The third-order valence-electron chi connectivity index (χ3n) is 4.09. The fourth-order valence-corrected chi connectivity index (χ4v) is 3.09. The molecule has 0 bridgehead atoms. The second-order valence-corrected chi connectivity index (χ2v) is 6.81. The van der Waals surface area contributed by atoms with Gasteiger partial charge in [-0.25, -0.2) is 0 Å². The molecule has 3 heteroatoms. The van der Waals surface area contributed by atoms with E-state index in [-0.39, 0.29) is 11.5 Å². The van der Waals surface area contributed by atoms with Gasteiger partial charge in [0.15, 0.2) is 0 Å². The lowest BCUT2D eigenvalue weighted by Gasteiger charge is -2.52. The van der Waals surface area contributed by atoms with Crippen LogP contribution in [0.1, 0.15) is 33.3 Å². The van der Waals surface area contributed by atoms with E-state index < -0.39 is 0 Å². The zero-order valence-corrected chi connectivity index (χ0v) is 13.7. The van der Waals surface area contributed by atoms with E-state index in [0.717, 1.165) is 6.54 Å². The third kappa shape index (κ3) is 3.55. The second-order valence-electron chi connectivity index (χ2n) is 6.30. The first-order valence-corrected chi connectivity index (χ1v) is 7.99. The van der Waals surface area contributed by atoms with Crippen molar-refractivity contribution in [3.05, 3.63) is 35.9 Å². The highest BCUT2D eigenvalue weighted by Gasteiger charge is 2.45. The second kappa shape index (κ2) is 6.93. The van der Waals surface area contributed by atoms with E-state index in [1.165, 1.54) is 5.56 Å². The number of benzene rings is 1. The number of alkyl halides is 1. The highest BCUT2D eigenvalue weighted by atomic mass is 35.5. The molecular formula is C17H26ClNO. The van der Waals surface area contributed by atoms with Crippen molar-refractivity contribution in [3.63, 3.8) is 0 Å². The van der Waals surface area contributed by atoms with Gasteiger partial charge >= 0.3 is 0 Å². The van der Waals surface area contributed by atoms with E-state index >= 15 is 0 Å². The van der Waals surface area contributed by atoms with E-state index in [2.05, 4.69) is 56.9 Å². The largest absolute Gasteiger partial charge is 0.371 e. The summed E-state index contributed by atoms with van der Waals surface area (Å²) in [5.41, 5.74) is 1.23. The molecule has 2 nitrogen and oxygen atoms in total. The lowest BCUT2D eigenvalue weighted by molar-refractivity contribution is -0.126. The molecule has 1 aliphatic heterocycles. The number of rotatable bonds is 6. The lowest BCUT2D eigenvalue weighted by atomic mass is 9.88. The van der Waals surface area contributed by atoms with Gasteiger partial charge in [-0.2, -0.15) is 0 Å². The molecule has 0 spiro atoms. The Balaban J connectivity index is 1.94. The van der Waals surface area contributed by atoms with Crippen LogP contribution < -0.4 is 0 Å². The fourth-order valence-electron chi connectivity index (χ4n) is 2.78. The molecule has 0 amide bonds. The Kier molecular flexibility index (Phi) is 5.48. The van der Waals surface area contributed by atoms with Crippen molar-refractivity contribution in [1.82, 2.24) is 4.90 Å². The Morgan fingerprint density at radius 2 is 1.85 bits per heavy atom. The zero-order valence-electron chi connectivity index (χ0n) is 12.9. The Labute approximate surface area is 128 Å². The summed E-state index contributed by atoms with van der Waals surface area (Å²) < 4.78 is 6.10. The first kappa shape index (κ1) is 15.8. The van der Waals surface area contributed by atoms with Crippen LogP contribution in [0.15, 0.2) is 30.3 Å². The maximum Gasteiger partial charge on any atom is 0.0876 e. The van der Waals surface area contributed by atoms with Crippen molar-refractivity contribution >= 4 is 11.6 Å². The quantitative estimate of drug-likeness (QED) is 0.737. The summed E-state index contributed by atoms with van der Waals surface area (Å²) in [6.07, 6.45) is 0.252. The monoisotopic (exact) mass is 295 g/mol. The normalized spacial score (nSPS) is 24.9. The highest BCUT2D eigenvalue weighted by Crippen LogP contribution is 2.33. The van der Waals surface area contributed by atoms with Crippen LogP contribution >= 0.6 is 11.6 Å². The van der Waals surface area contributed by atoms with Crippen LogP contribution in [0.25, 0.3) is 0 Å². The number of ether oxygens (including phenoxy) is 1. The minimum Gasteiger partial charge on any atom is -0.371 e. The van der Waals surface area contributed by atoms with Crippen LogP contribution in [0, 0.1) is 5.92 Å². The summed E-state index contributed by atoms with van der Waals surface area (Å²) in [4.78, 5) is 2.45. The fraction of sp³-hybridized carbons (Fsp3) is 0.647. The van der Waals surface area contributed by atoms with Crippen LogP contribution in [-0.4, -0.2) is 35.0 Å². The molecule has 0 N–H and O–H groups in total. The van der Waals surface area contributed by atoms with Gasteiger partial charge in [0.2, 0.25) is 0 Å². The van der Waals surface area contributed by atoms with Crippen LogP contribution in [-0.2, 0) is 11.3 Å². The van der Waals surface area contributed by atoms with Gasteiger partial charge in [0.25, 0.3) is 0 Å². The topological polar surface area (TPSA) is 12.5 Å². The van der Waals surface area contributed by atoms with E-state index in [1.807, 2.05) is 6.07 Å². The average Bonchev–Trinajstić information content (AvgIpc) is 2.38. The Morgan fingerprint density at radius 3 is 2.40 bits per heavy atom. The molecule has 1 aromatic carbocycles. The predicted octanol–water partition coefficient (Wildman–Crippen LogP) is 3.93. The summed E-state index contributed by atoms with van der Waals surface area (Å²) in [7, 11) is 0. The van der Waals surface area contributed by atoms with Crippen molar-refractivity contribution in [2.45, 2.75) is 57.9 Å². The molecule has 20 heavy (non-hydrogen) atoms. The molecule has 112 valence electrons. The Bertz CT molecular complexity index is 397. The van der Waals surface area contributed by atoms with Gasteiger partial charge in [-0.1, -0.05) is 44.2 Å². The first-order chi connectivity index (χ1) is 9.50. The molecule has 0 radical (unpaired) electrons. The molecule has 1 heterocycles. The summed E-state index contributed by atoms with van der Waals surface area (Å²) in [6.45, 7) is 10.5. The molecule has 1 fully saturated rings. The van der Waals surface area contributed by atoms with Crippen molar-refractivity contribution in [1.29, 1.82) is 0 Å². The molecule has 1 aromatic rings. The van der Waals surface area contributed by atoms with Crippen molar-refractivity contribution in [3.8, 4) is 0 Å². The van der Waals surface area contributed by atoms with E-state index in [0.29, 0.717) is 24.6 Å². The minimum atomic E-state index is 0.145. The summed E-state index contributed by atoms with van der Waals surface area (Å²) in [5.74, 6) is 0.464. The minimum absolute atomic E-state index is 0.145. The summed E-state index contributed by atoms with van der Waals surface area (Å²) in [5, 5.41) is 0.145. The van der Waals surface area contributed by atoms with Crippen LogP contribution in [0.5, 0.6) is 0 Å². The van der Waals surface area contributed by atoms with E-state index in [4.69, 9.17) is 16.3 Å². The van der Waals surface area contributed by atoms with Gasteiger partial charge in [0.05, 0.1) is 24.1 Å². The van der Waals surface area contributed by atoms with Gasteiger partial charge in [-0.15, -0.1) is 11.6 Å². The molecular weight excluding hydrogens is 270 g/mol.